The van der Waals surface area contributed by atoms with Gasteiger partial charge >= 0.3 is 21.3 Å². The van der Waals surface area contributed by atoms with Crippen LogP contribution in [0.25, 0.3) is 0 Å². The molecule has 2 rings (SSSR count). The van der Waals surface area contributed by atoms with Gasteiger partial charge in [0.15, 0.2) is 0 Å². The van der Waals surface area contributed by atoms with Crippen LogP contribution in [0.2, 0.25) is 0 Å². The number of halogens is 2. The molecule has 0 aliphatic rings. The summed E-state index contributed by atoms with van der Waals surface area (Å²) in [7, 11) is -6.01. The predicted octanol–water partition coefficient (Wildman–Crippen LogP) is 2.32. The van der Waals surface area contributed by atoms with Gasteiger partial charge < -0.3 is 10.1 Å². The molecule has 132 valence electrons. The molecule has 7 nitrogen and oxygen atoms in total. The third kappa shape index (κ3) is 4.17. The Morgan fingerprint density at radius 1 is 1.00 bits per heavy atom. The highest BCUT2D eigenvalue weighted by Crippen LogP contribution is 2.26. The van der Waals surface area contributed by atoms with Crippen LogP contribution in [-0.4, -0.2) is 30.1 Å². The van der Waals surface area contributed by atoms with E-state index in [0.29, 0.717) is 5.69 Å². The molecule has 0 bridgehead atoms. The van der Waals surface area contributed by atoms with Gasteiger partial charge in [0.25, 0.3) is 5.91 Å². The van der Waals surface area contributed by atoms with Gasteiger partial charge in [-0.25, -0.2) is 4.79 Å². The van der Waals surface area contributed by atoms with E-state index in [1.54, 1.807) is 30.3 Å². The third-order valence-corrected chi connectivity index (χ3v) is 3.74. The minimum Gasteiger partial charge on any atom is -0.420 e. The fraction of sp³-hybridized carbons (Fsp3) is 0.0667. The van der Waals surface area contributed by atoms with Crippen molar-refractivity contribution in [2.24, 2.45) is 0 Å². The van der Waals surface area contributed by atoms with Gasteiger partial charge in [-0.15, -0.1) is 0 Å². The first kappa shape index (κ1) is 18.5. The Morgan fingerprint density at radius 3 is 2.16 bits per heavy atom. The van der Waals surface area contributed by atoms with Crippen LogP contribution < -0.4 is 10.1 Å². The lowest BCUT2D eigenvalue weighted by Gasteiger charge is -2.14. The molecule has 0 radical (unpaired) electrons. The Labute approximate surface area is 141 Å². The molecule has 0 atom stereocenters. The molecule has 0 fully saturated rings. The van der Waals surface area contributed by atoms with Crippen LogP contribution in [0.3, 0.4) is 0 Å². The third-order valence-electron chi connectivity index (χ3n) is 2.93. The quantitative estimate of drug-likeness (QED) is 0.474. The smallest absolute Gasteiger partial charge is 0.420 e. The zero-order chi connectivity index (χ0) is 18.7. The second-order valence-electron chi connectivity index (χ2n) is 4.70. The average Bonchev–Trinajstić information content (AvgIpc) is 2.55. The number of anilines is 1. The van der Waals surface area contributed by atoms with Gasteiger partial charge in [0.1, 0.15) is 5.75 Å². The van der Waals surface area contributed by atoms with Crippen molar-refractivity contribution in [3.63, 3.8) is 0 Å². The monoisotopic (exact) mass is 371 g/mol. The Hall–Kier alpha value is -2.85. The highest BCUT2D eigenvalue weighted by atomic mass is 32.2. The summed E-state index contributed by atoms with van der Waals surface area (Å²) < 4.78 is 60.4. The van der Waals surface area contributed by atoms with Crippen molar-refractivity contribution >= 4 is 27.7 Å². The number of carbonyl (C=O) groups is 2. The number of hydrogen-bond donors (Lipinski definition) is 2. The maximum atomic E-state index is 13.3. The van der Waals surface area contributed by atoms with E-state index in [4.69, 9.17) is 4.55 Å². The van der Waals surface area contributed by atoms with Crippen LogP contribution >= 0.6 is 0 Å². The summed E-state index contributed by atoms with van der Waals surface area (Å²) in [5.74, 6) is -3.90. The highest BCUT2D eigenvalue weighted by molar-refractivity contribution is 7.87. The Bertz CT molecular complexity index is 899. The molecule has 2 aromatic carbocycles. The molecule has 0 spiro atoms. The molecule has 2 aromatic rings. The number of rotatable bonds is 5. The highest BCUT2D eigenvalue weighted by Gasteiger charge is 2.54. The lowest BCUT2D eigenvalue weighted by Crippen LogP contribution is -2.40. The van der Waals surface area contributed by atoms with Crippen molar-refractivity contribution in [1.29, 1.82) is 0 Å². The summed E-state index contributed by atoms with van der Waals surface area (Å²) in [6.45, 7) is 0. The number of carbonyl (C=O) groups excluding carboxylic acids is 2. The maximum Gasteiger partial charge on any atom is 0.466 e. The van der Waals surface area contributed by atoms with Crippen LogP contribution in [-0.2, 0) is 14.9 Å². The van der Waals surface area contributed by atoms with E-state index in [1.807, 2.05) is 0 Å². The van der Waals surface area contributed by atoms with E-state index in [1.165, 1.54) is 18.2 Å². The summed E-state index contributed by atoms with van der Waals surface area (Å²) in [4.78, 5) is 23.6. The summed E-state index contributed by atoms with van der Waals surface area (Å²) in [5, 5.41) is -2.72. The van der Waals surface area contributed by atoms with Crippen molar-refractivity contribution in [3.8, 4) is 5.75 Å². The molecule has 0 saturated carbocycles. The van der Waals surface area contributed by atoms with Gasteiger partial charge in [0, 0.05) is 5.69 Å². The Balaban J connectivity index is 2.26. The minimum atomic E-state index is -6.01. The topological polar surface area (TPSA) is 110 Å². The molecule has 0 heterocycles. The maximum absolute atomic E-state index is 13.3. The summed E-state index contributed by atoms with van der Waals surface area (Å²) in [6, 6.07) is 13.0. The average molecular weight is 371 g/mol. The molecule has 0 unspecified atom stereocenters. The first-order chi connectivity index (χ1) is 11.6. The molecule has 0 aliphatic carbocycles. The Kier molecular flexibility index (Phi) is 5.14. The number of alkyl halides is 2. The molecule has 25 heavy (non-hydrogen) atoms. The van der Waals surface area contributed by atoms with E-state index >= 15 is 0 Å². The van der Waals surface area contributed by atoms with Gasteiger partial charge in [0.2, 0.25) is 0 Å². The van der Waals surface area contributed by atoms with Gasteiger partial charge in [-0.3, -0.25) is 9.35 Å². The fourth-order valence-corrected chi connectivity index (χ4v) is 1.98. The number of para-hydroxylation sites is 2. The van der Waals surface area contributed by atoms with Gasteiger partial charge in [0.05, 0.1) is 5.56 Å². The number of nitrogens with one attached hydrogen (secondary N) is 1. The van der Waals surface area contributed by atoms with Crippen molar-refractivity contribution < 1.29 is 36.1 Å². The van der Waals surface area contributed by atoms with E-state index in [2.05, 4.69) is 10.1 Å². The van der Waals surface area contributed by atoms with Gasteiger partial charge in [-0.05, 0) is 24.3 Å². The second kappa shape index (κ2) is 6.95. The Morgan fingerprint density at radius 2 is 1.56 bits per heavy atom. The molecular weight excluding hydrogens is 360 g/mol. The van der Waals surface area contributed by atoms with Crippen LogP contribution in [0, 0.1) is 0 Å². The zero-order valence-electron chi connectivity index (χ0n) is 12.3. The molecule has 0 aromatic heterocycles. The lowest BCUT2D eigenvalue weighted by atomic mass is 10.2. The van der Waals surface area contributed by atoms with Gasteiger partial charge in [-0.2, -0.15) is 17.2 Å². The first-order valence-corrected chi connectivity index (χ1v) is 8.09. The van der Waals surface area contributed by atoms with Crippen molar-refractivity contribution in [2.45, 2.75) is 5.25 Å². The van der Waals surface area contributed by atoms with Crippen LogP contribution in [0.1, 0.15) is 10.4 Å². The molecule has 0 saturated heterocycles. The fourth-order valence-electron chi connectivity index (χ4n) is 1.73. The standard InChI is InChI=1S/C15H11F2NO6S/c16-15(17,25(21,22)23)14(20)24-12-9-5-4-8-11(12)13(19)18-10-6-2-1-3-7-10/h1-9H,(H,18,19)(H,21,22,23). The molecule has 0 aliphatic heterocycles. The largest absolute Gasteiger partial charge is 0.466 e. The zero-order valence-corrected chi connectivity index (χ0v) is 13.2. The second-order valence-corrected chi connectivity index (χ2v) is 6.16. The summed E-state index contributed by atoms with van der Waals surface area (Å²) in [5.41, 5.74) is 0.114. The van der Waals surface area contributed by atoms with Gasteiger partial charge in [-0.1, -0.05) is 30.3 Å². The van der Waals surface area contributed by atoms with E-state index in [-0.39, 0.29) is 5.56 Å². The number of hydrogen-bond acceptors (Lipinski definition) is 5. The van der Waals surface area contributed by atoms with Crippen LogP contribution in [0.5, 0.6) is 5.75 Å². The van der Waals surface area contributed by atoms with Crippen LogP contribution in [0.15, 0.2) is 54.6 Å². The SMILES string of the molecule is O=C(Nc1ccccc1)c1ccccc1OC(=O)C(F)(F)S(=O)(=O)O. The normalized spacial score (nSPS) is 11.6. The predicted molar refractivity (Wildman–Crippen MR) is 83.0 cm³/mol. The van der Waals surface area contributed by atoms with Crippen molar-refractivity contribution in [3.05, 3.63) is 60.2 Å². The number of esters is 1. The number of amides is 1. The number of ether oxygens (including phenoxy) is 1. The molecule has 10 heteroatoms. The van der Waals surface area contributed by atoms with Crippen molar-refractivity contribution in [1.82, 2.24) is 0 Å². The van der Waals surface area contributed by atoms with E-state index in [0.717, 1.165) is 6.07 Å². The van der Waals surface area contributed by atoms with E-state index < -0.39 is 33.0 Å². The molecule has 1 amide bonds. The molecule has 2 N–H and O–H groups in total. The summed E-state index contributed by atoms with van der Waals surface area (Å²) >= 11 is 0. The van der Waals surface area contributed by atoms with Crippen molar-refractivity contribution in [2.75, 3.05) is 5.32 Å². The first-order valence-electron chi connectivity index (χ1n) is 6.65. The van der Waals surface area contributed by atoms with Crippen LogP contribution in [0.4, 0.5) is 14.5 Å². The van der Waals surface area contributed by atoms with E-state index in [9.17, 15) is 26.8 Å². The number of benzene rings is 2. The molecular formula is C15H11F2NO6S. The minimum absolute atomic E-state index is 0.286. The summed E-state index contributed by atoms with van der Waals surface area (Å²) in [6.07, 6.45) is 0. The lowest BCUT2D eigenvalue weighted by molar-refractivity contribution is -0.151.